The van der Waals surface area contributed by atoms with E-state index < -0.39 is 0 Å². The van der Waals surface area contributed by atoms with E-state index in [2.05, 4.69) is 0 Å². The van der Waals surface area contributed by atoms with Crippen LogP contribution >= 0.6 is 35.0 Å². The molecule has 0 aromatic heterocycles. The maximum absolute atomic E-state index is 12.8. The van der Waals surface area contributed by atoms with E-state index in [1.165, 1.54) is 0 Å². The van der Waals surface area contributed by atoms with Gasteiger partial charge in [0.25, 0.3) is 11.1 Å². The summed E-state index contributed by atoms with van der Waals surface area (Å²) in [7, 11) is 1.56. The Bertz CT molecular complexity index is 988. The Labute approximate surface area is 189 Å². The number of methoxy groups -OCH3 is 1. The first-order valence-electron chi connectivity index (χ1n) is 9.37. The number of imide groups is 1. The fourth-order valence-electron chi connectivity index (χ4n) is 2.80. The molecule has 2 amide bonds. The third-order valence-electron chi connectivity index (χ3n) is 4.64. The minimum atomic E-state index is -0.389. The van der Waals surface area contributed by atoms with Crippen LogP contribution in [0.2, 0.25) is 10.0 Å². The molecular formula is C22H21Cl2NO4S. The predicted molar refractivity (Wildman–Crippen MR) is 121 cm³/mol. The van der Waals surface area contributed by atoms with Crippen LogP contribution in [0.5, 0.6) is 11.5 Å². The van der Waals surface area contributed by atoms with E-state index in [0.29, 0.717) is 32.0 Å². The molecule has 1 aliphatic heterocycles. The van der Waals surface area contributed by atoms with E-state index in [1.807, 2.05) is 19.9 Å². The van der Waals surface area contributed by atoms with Crippen molar-refractivity contribution in [1.29, 1.82) is 0 Å². The third kappa shape index (κ3) is 4.94. The van der Waals surface area contributed by atoms with Crippen molar-refractivity contribution in [3.8, 4) is 11.5 Å². The number of rotatable bonds is 7. The van der Waals surface area contributed by atoms with E-state index in [9.17, 15) is 9.59 Å². The first kappa shape index (κ1) is 22.5. The third-order valence-corrected chi connectivity index (χ3v) is 6.26. The molecule has 1 atom stereocenters. The Hall–Kier alpha value is -2.15. The molecule has 1 heterocycles. The summed E-state index contributed by atoms with van der Waals surface area (Å²) in [6, 6.07) is 10.4. The van der Waals surface area contributed by atoms with Gasteiger partial charge < -0.3 is 9.47 Å². The zero-order valence-corrected chi connectivity index (χ0v) is 19.1. The van der Waals surface area contributed by atoms with Gasteiger partial charge in [-0.05, 0) is 61.0 Å². The molecule has 0 saturated carbocycles. The lowest BCUT2D eigenvalue weighted by Crippen LogP contribution is -2.27. The number of hydrogen-bond donors (Lipinski definition) is 0. The van der Waals surface area contributed by atoms with E-state index in [1.54, 1.807) is 43.5 Å². The van der Waals surface area contributed by atoms with E-state index in [0.717, 1.165) is 28.6 Å². The Morgan fingerprint density at radius 1 is 1.13 bits per heavy atom. The summed E-state index contributed by atoms with van der Waals surface area (Å²) in [5, 5.41) is 0.449. The summed E-state index contributed by atoms with van der Waals surface area (Å²) in [5.74, 6) is 0.802. The van der Waals surface area contributed by atoms with E-state index >= 15 is 0 Å². The molecule has 0 N–H and O–H groups in total. The molecule has 30 heavy (non-hydrogen) atoms. The molecule has 1 saturated heterocycles. The molecule has 1 aliphatic rings. The van der Waals surface area contributed by atoms with E-state index in [4.69, 9.17) is 32.7 Å². The molecule has 1 fully saturated rings. The Morgan fingerprint density at radius 3 is 2.47 bits per heavy atom. The monoisotopic (exact) mass is 465 g/mol. The normalized spacial score (nSPS) is 16.3. The number of amides is 2. The van der Waals surface area contributed by atoms with Gasteiger partial charge in [-0.3, -0.25) is 14.5 Å². The average molecular weight is 466 g/mol. The Morgan fingerprint density at radius 2 is 1.83 bits per heavy atom. The topological polar surface area (TPSA) is 55.8 Å². The van der Waals surface area contributed by atoms with Crippen molar-refractivity contribution in [3.05, 3.63) is 62.5 Å². The summed E-state index contributed by atoms with van der Waals surface area (Å²) in [5.41, 5.74) is 1.27. The van der Waals surface area contributed by atoms with Gasteiger partial charge in [-0.25, -0.2) is 0 Å². The highest BCUT2D eigenvalue weighted by molar-refractivity contribution is 8.18. The number of halogens is 2. The Balaban J connectivity index is 1.83. The number of benzene rings is 2. The zero-order chi connectivity index (χ0) is 21.8. The van der Waals surface area contributed by atoms with Gasteiger partial charge in [0, 0.05) is 15.6 Å². The Kier molecular flexibility index (Phi) is 7.34. The zero-order valence-electron chi connectivity index (χ0n) is 16.8. The van der Waals surface area contributed by atoms with Crippen molar-refractivity contribution in [2.75, 3.05) is 7.11 Å². The van der Waals surface area contributed by atoms with Crippen molar-refractivity contribution < 1.29 is 19.1 Å². The SMILES string of the molecule is CCC(C)Oc1ccc(/C=C2\SC(=O)N(Cc3c(Cl)cccc3Cl)C2=O)cc1OC. The minimum absolute atomic E-state index is 0.0194. The summed E-state index contributed by atoms with van der Waals surface area (Å²) in [4.78, 5) is 26.7. The first-order valence-corrected chi connectivity index (χ1v) is 10.9. The minimum Gasteiger partial charge on any atom is -0.493 e. The predicted octanol–water partition coefficient (Wildman–Crippen LogP) is 6.42. The highest BCUT2D eigenvalue weighted by atomic mass is 35.5. The standard InChI is InChI=1S/C22H21Cl2NO4S/c1-4-13(2)29-18-9-8-14(10-19(18)28-3)11-20-21(26)25(22(27)30-20)12-15-16(23)6-5-7-17(15)24/h5-11,13H,4,12H2,1-3H3/b20-11-. The maximum atomic E-state index is 12.8. The molecule has 3 rings (SSSR count). The van der Waals surface area contributed by atoms with Crippen molar-refractivity contribution in [3.63, 3.8) is 0 Å². The summed E-state index contributed by atoms with van der Waals surface area (Å²) >= 11 is 13.2. The maximum Gasteiger partial charge on any atom is 0.293 e. The van der Waals surface area contributed by atoms with Gasteiger partial charge in [-0.15, -0.1) is 0 Å². The summed E-state index contributed by atoms with van der Waals surface area (Å²) in [6.07, 6.45) is 2.58. The molecule has 0 aliphatic carbocycles. The van der Waals surface area contributed by atoms with Gasteiger partial charge in [0.2, 0.25) is 0 Å². The van der Waals surface area contributed by atoms with Crippen LogP contribution in [0.15, 0.2) is 41.3 Å². The number of hydrogen-bond acceptors (Lipinski definition) is 5. The number of nitrogens with zero attached hydrogens (tertiary/aromatic N) is 1. The molecule has 0 radical (unpaired) electrons. The first-order chi connectivity index (χ1) is 14.3. The van der Waals surface area contributed by atoms with Crippen LogP contribution in [-0.2, 0) is 11.3 Å². The van der Waals surface area contributed by atoms with Gasteiger partial charge in [0.15, 0.2) is 11.5 Å². The van der Waals surface area contributed by atoms with Crippen LogP contribution in [-0.4, -0.2) is 29.3 Å². The van der Waals surface area contributed by atoms with Crippen LogP contribution in [0.4, 0.5) is 4.79 Å². The highest BCUT2D eigenvalue weighted by Gasteiger charge is 2.35. The number of thioether (sulfide) groups is 1. The quantitative estimate of drug-likeness (QED) is 0.441. The fraction of sp³-hybridized carbons (Fsp3) is 0.273. The lowest BCUT2D eigenvalue weighted by molar-refractivity contribution is -0.123. The van der Waals surface area contributed by atoms with Crippen molar-refractivity contribution in [2.24, 2.45) is 0 Å². The molecular weight excluding hydrogens is 445 g/mol. The number of carbonyl (C=O) groups is 2. The molecule has 0 spiro atoms. The van der Waals surface area contributed by atoms with Crippen LogP contribution in [0.25, 0.3) is 6.08 Å². The van der Waals surface area contributed by atoms with Gasteiger partial charge in [-0.1, -0.05) is 42.3 Å². The van der Waals surface area contributed by atoms with Crippen LogP contribution < -0.4 is 9.47 Å². The second-order valence-electron chi connectivity index (χ2n) is 6.72. The van der Waals surface area contributed by atoms with Crippen LogP contribution in [0.1, 0.15) is 31.4 Å². The lowest BCUT2D eigenvalue weighted by Gasteiger charge is -2.16. The second kappa shape index (κ2) is 9.77. The number of carbonyl (C=O) groups excluding carboxylic acids is 2. The average Bonchev–Trinajstić information content (AvgIpc) is 2.98. The van der Waals surface area contributed by atoms with Gasteiger partial charge in [0.05, 0.1) is 24.7 Å². The van der Waals surface area contributed by atoms with Crippen LogP contribution in [0.3, 0.4) is 0 Å². The second-order valence-corrected chi connectivity index (χ2v) is 8.52. The molecule has 1 unspecified atom stereocenters. The molecule has 8 heteroatoms. The van der Waals surface area contributed by atoms with Crippen LogP contribution in [0, 0.1) is 0 Å². The molecule has 5 nitrogen and oxygen atoms in total. The van der Waals surface area contributed by atoms with Crippen molar-refractivity contribution >= 4 is 52.2 Å². The molecule has 2 aromatic rings. The fourth-order valence-corrected chi connectivity index (χ4v) is 4.16. The highest BCUT2D eigenvalue weighted by Crippen LogP contribution is 2.37. The lowest BCUT2D eigenvalue weighted by atomic mass is 10.1. The van der Waals surface area contributed by atoms with Gasteiger partial charge in [-0.2, -0.15) is 0 Å². The smallest absolute Gasteiger partial charge is 0.293 e. The van der Waals surface area contributed by atoms with Gasteiger partial charge in [0.1, 0.15) is 0 Å². The largest absolute Gasteiger partial charge is 0.493 e. The summed E-state index contributed by atoms with van der Waals surface area (Å²) < 4.78 is 11.3. The summed E-state index contributed by atoms with van der Waals surface area (Å²) in [6.45, 7) is 4.04. The van der Waals surface area contributed by atoms with Crippen molar-refractivity contribution in [2.45, 2.75) is 32.9 Å². The van der Waals surface area contributed by atoms with Gasteiger partial charge >= 0.3 is 0 Å². The molecule has 0 bridgehead atoms. The molecule has 2 aromatic carbocycles. The van der Waals surface area contributed by atoms with Crippen molar-refractivity contribution in [1.82, 2.24) is 4.90 Å². The number of ether oxygens (including phenoxy) is 2. The van der Waals surface area contributed by atoms with E-state index in [-0.39, 0.29) is 23.8 Å². The molecule has 158 valence electrons.